The van der Waals surface area contributed by atoms with E-state index in [-0.39, 0.29) is 0 Å². The van der Waals surface area contributed by atoms with Gasteiger partial charge in [0.2, 0.25) is 0 Å². The summed E-state index contributed by atoms with van der Waals surface area (Å²) in [5.74, 6) is 0. The van der Waals surface area contributed by atoms with Crippen LogP contribution in [0.1, 0.15) is 0 Å². The molecule has 0 amide bonds. The minimum atomic E-state index is -1.83. The summed E-state index contributed by atoms with van der Waals surface area (Å²) >= 11 is 5.48. The molecule has 60 valence electrons. The van der Waals surface area contributed by atoms with Gasteiger partial charge in [-0.3, -0.25) is 4.98 Å². The third kappa shape index (κ3) is 8.71. The standard InChI is InChI=1S/C5H4ClN.CH2O3/c6-5-2-1-3-7-4-5;2-1(3)4/h1-4H;(H2,2,3,4). The predicted octanol–water partition coefficient (Wildman–Crippen LogP) is 1.96. The van der Waals surface area contributed by atoms with E-state index >= 15 is 0 Å². The monoisotopic (exact) mass is 175 g/mol. The number of pyridine rings is 1. The second-order valence-corrected chi connectivity index (χ2v) is 1.89. The summed E-state index contributed by atoms with van der Waals surface area (Å²) in [6.07, 6.45) is 1.45. The van der Waals surface area contributed by atoms with Gasteiger partial charge in [-0.2, -0.15) is 0 Å². The highest BCUT2D eigenvalue weighted by Gasteiger charge is 1.76. The molecule has 1 rings (SSSR count). The molecule has 0 atom stereocenters. The Balaban J connectivity index is 0.000000218. The molecule has 11 heavy (non-hydrogen) atoms. The van der Waals surface area contributed by atoms with Crippen LogP contribution in [0.2, 0.25) is 5.02 Å². The number of hydrogen-bond donors (Lipinski definition) is 2. The molecule has 0 aliphatic carbocycles. The predicted molar refractivity (Wildman–Crippen MR) is 39.9 cm³/mol. The van der Waals surface area contributed by atoms with Gasteiger partial charge >= 0.3 is 6.16 Å². The minimum Gasteiger partial charge on any atom is -0.450 e. The van der Waals surface area contributed by atoms with E-state index in [1.54, 1.807) is 24.5 Å². The van der Waals surface area contributed by atoms with Crippen molar-refractivity contribution in [3.05, 3.63) is 29.5 Å². The summed E-state index contributed by atoms with van der Waals surface area (Å²) in [4.78, 5) is 12.3. The van der Waals surface area contributed by atoms with Gasteiger partial charge in [0, 0.05) is 12.4 Å². The van der Waals surface area contributed by atoms with Crippen LogP contribution in [0.15, 0.2) is 24.5 Å². The molecule has 4 nitrogen and oxygen atoms in total. The van der Waals surface area contributed by atoms with Gasteiger partial charge in [0.05, 0.1) is 5.02 Å². The number of carboxylic acid groups (broad SMARTS) is 2. The van der Waals surface area contributed by atoms with E-state index in [2.05, 4.69) is 4.98 Å². The zero-order valence-electron chi connectivity index (χ0n) is 5.44. The average molecular weight is 176 g/mol. The Morgan fingerprint density at radius 1 is 1.55 bits per heavy atom. The van der Waals surface area contributed by atoms with Crippen LogP contribution in [0.3, 0.4) is 0 Å². The summed E-state index contributed by atoms with van der Waals surface area (Å²) < 4.78 is 0. The Kier molecular flexibility index (Phi) is 4.85. The summed E-state index contributed by atoms with van der Waals surface area (Å²) in [5.41, 5.74) is 0. The fourth-order valence-corrected chi connectivity index (χ4v) is 0.471. The number of halogens is 1. The first-order valence-corrected chi connectivity index (χ1v) is 2.98. The molecule has 0 aliphatic rings. The fraction of sp³-hybridized carbons (Fsp3) is 0. The molecule has 0 fully saturated rings. The van der Waals surface area contributed by atoms with Crippen LogP contribution in [0.4, 0.5) is 4.79 Å². The van der Waals surface area contributed by atoms with Crippen LogP contribution in [0.25, 0.3) is 0 Å². The molecule has 5 heteroatoms. The second-order valence-electron chi connectivity index (χ2n) is 1.45. The molecule has 0 radical (unpaired) electrons. The first-order chi connectivity index (χ1) is 5.13. The van der Waals surface area contributed by atoms with E-state index in [0.29, 0.717) is 5.02 Å². The third-order valence-corrected chi connectivity index (χ3v) is 0.849. The van der Waals surface area contributed by atoms with Crippen molar-refractivity contribution in [2.24, 2.45) is 0 Å². The highest BCUT2D eigenvalue weighted by Crippen LogP contribution is 2.00. The summed E-state index contributed by atoms with van der Waals surface area (Å²) in [5, 5.41) is 14.6. The van der Waals surface area contributed by atoms with Gasteiger partial charge in [0.15, 0.2) is 0 Å². The maximum atomic E-state index is 8.56. The van der Waals surface area contributed by atoms with E-state index in [1.807, 2.05) is 0 Å². The lowest BCUT2D eigenvalue weighted by molar-refractivity contribution is 0.137. The smallest absolute Gasteiger partial charge is 0.450 e. The maximum absolute atomic E-state index is 8.56. The Hall–Kier alpha value is -1.29. The van der Waals surface area contributed by atoms with Crippen LogP contribution in [-0.4, -0.2) is 21.4 Å². The maximum Gasteiger partial charge on any atom is 0.503 e. The number of aromatic nitrogens is 1. The van der Waals surface area contributed by atoms with Gasteiger partial charge in [0.25, 0.3) is 0 Å². The summed E-state index contributed by atoms with van der Waals surface area (Å²) in [7, 11) is 0. The molecule has 1 aromatic rings. The van der Waals surface area contributed by atoms with Crippen molar-refractivity contribution in [2.75, 3.05) is 0 Å². The quantitative estimate of drug-likeness (QED) is 0.632. The van der Waals surface area contributed by atoms with Gasteiger partial charge in [0.1, 0.15) is 0 Å². The van der Waals surface area contributed by atoms with Crippen molar-refractivity contribution in [2.45, 2.75) is 0 Å². The summed E-state index contributed by atoms with van der Waals surface area (Å²) in [6.45, 7) is 0. The molecule has 0 aromatic carbocycles. The van der Waals surface area contributed by atoms with Crippen molar-refractivity contribution < 1.29 is 15.0 Å². The zero-order valence-corrected chi connectivity index (χ0v) is 6.19. The highest BCUT2D eigenvalue weighted by molar-refractivity contribution is 6.30. The molecule has 1 heterocycles. The van der Waals surface area contributed by atoms with Gasteiger partial charge in [-0.25, -0.2) is 4.79 Å². The van der Waals surface area contributed by atoms with Crippen LogP contribution in [-0.2, 0) is 0 Å². The molecular weight excluding hydrogens is 170 g/mol. The highest BCUT2D eigenvalue weighted by atomic mass is 35.5. The molecule has 0 spiro atoms. The minimum absolute atomic E-state index is 0.683. The molecule has 0 saturated carbocycles. The van der Waals surface area contributed by atoms with E-state index in [0.717, 1.165) is 0 Å². The molecule has 2 N–H and O–H groups in total. The fourth-order valence-electron chi connectivity index (χ4n) is 0.342. The Labute approximate surface area is 68.1 Å². The zero-order chi connectivity index (χ0) is 8.69. The lowest BCUT2D eigenvalue weighted by Crippen LogP contribution is -1.81. The molecule has 0 saturated heterocycles. The Morgan fingerprint density at radius 3 is 2.27 bits per heavy atom. The third-order valence-electron chi connectivity index (χ3n) is 0.625. The second kappa shape index (κ2) is 5.49. The lowest BCUT2D eigenvalue weighted by atomic mass is 10.5. The van der Waals surface area contributed by atoms with Crippen LogP contribution in [0, 0.1) is 0 Å². The number of rotatable bonds is 0. The average Bonchev–Trinajstić information content (AvgIpc) is 1.87. The topological polar surface area (TPSA) is 70.4 Å². The van der Waals surface area contributed by atoms with E-state index in [1.165, 1.54) is 0 Å². The normalized spacial score (nSPS) is 7.73. The van der Waals surface area contributed by atoms with Gasteiger partial charge in [-0.15, -0.1) is 0 Å². The molecule has 0 bridgehead atoms. The first kappa shape index (κ1) is 9.71. The Morgan fingerprint density at radius 2 is 2.09 bits per heavy atom. The number of carbonyl (C=O) groups is 1. The van der Waals surface area contributed by atoms with E-state index in [4.69, 9.17) is 26.6 Å². The first-order valence-electron chi connectivity index (χ1n) is 2.60. The van der Waals surface area contributed by atoms with Crippen molar-refractivity contribution in [3.8, 4) is 0 Å². The largest absolute Gasteiger partial charge is 0.503 e. The lowest BCUT2D eigenvalue weighted by Gasteiger charge is -1.79. The summed E-state index contributed by atoms with van der Waals surface area (Å²) in [6, 6.07) is 3.58. The molecule has 1 aromatic heterocycles. The Bertz CT molecular complexity index is 210. The number of nitrogens with zero attached hydrogens (tertiary/aromatic N) is 1. The van der Waals surface area contributed by atoms with Crippen LogP contribution < -0.4 is 0 Å². The van der Waals surface area contributed by atoms with E-state index < -0.39 is 6.16 Å². The molecule has 0 unspecified atom stereocenters. The molecule has 0 aliphatic heterocycles. The van der Waals surface area contributed by atoms with Crippen molar-refractivity contribution in [1.82, 2.24) is 4.98 Å². The van der Waals surface area contributed by atoms with Crippen molar-refractivity contribution in [3.63, 3.8) is 0 Å². The SMILES string of the molecule is Clc1cccnc1.O=C(O)O. The van der Waals surface area contributed by atoms with Gasteiger partial charge in [-0.05, 0) is 12.1 Å². The van der Waals surface area contributed by atoms with Crippen molar-refractivity contribution in [1.29, 1.82) is 0 Å². The van der Waals surface area contributed by atoms with Gasteiger partial charge < -0.3 is 10.2 Å². The van der Waals surface area contributed by atoms with Crippen molar-refractivity contribution >= 4 is 17.8 Å². The number of hydrogen-bond acceptors (Lipinski definition) is 2. The molecular formula is C6H6ClNO3. The van der Waals surface area contributed by atoms with E-state index in [9.17, 15) is 0 Å². The van der Waals surface area contributed by atoms with Crippen LogP contribution >= 0.6 is 11.6 Å². The van der Waals surface area contributed by atoms with Crippen LogP contribution in [0.5, 0.6) is 0 Å². The van der Waals surface area contributed by atoms with Gasteiger partial charge in [-0.1, -0.05) is 11.6 Å².